The van der Waals surface area contributed by atoms with Crippen LogP contribution in [0.2, 0.25) is 0 Å². The van der Waals surface area contributed by atoms with Gasteiger partial charge in [-0.3, -0.25) is 4.98 Å². The molecule has 0 bridgehead atoms. The fourth-order valence-corrected chi connectivity index (χ4v) is 2.46. The Morgan fingerprint density at radius 3 is 2.90 bits per heavy atom. The van der Waals surface area contributed by atoms with Crippen molar-refractivity contribution in [1.82, 2.24) is 15.1 Å². The van der Waals surface area contributed by atoms with Crippen molar-refractivity contribution in [2.24, 2.45) is 0 Å². The molecule has 0 aliphatic rings. The van der Waals surface area contributed by atoms with Crippen LogP contribution in [-0.2, 0) is 6.42 Å². The molecule has 0 fully saturated rings. The zero-order valence-corrected chi connectivity index (χ0v) is 13.0. The molecule has 0 spiro atoms. The van der Waals surface area contributed by atoms with Crippen molar-refractivity contribution >= 4 is 21.6 Å². The number of benzene rings is 1. The van der Waals surface area contributed by atoms with Gasteiger partial charge in [0, 0.05) is 16.4 Å². The van der Waals surface area contributed by atoms with E-state index < -0.39 is 0 Å². The molecule has 2 heterocycles. The molecule has 0 aliphatic heterocycles. The van der Waals surface area contributed by atoms with Gasteiger partial charge in [-0.05, 0) is 36.2 Å². The smallest absolute Gasteiger partial charge is 0.260 e. The van der Waals surface area contributed by atoms with Crippen molar-refractivity contribution in [1.29, 1.82) is 0 Å². The Bertz CT molecular complexity index is 785. The minimum absolute atomic E-state index is 0.391. The number of pyridine rings is 1. The van der Waals surface area contributed by atoms with Gasteiger partial charge in [0.2, 0.25) is 5.82 Å². The lowest BCUT2D eigenvalue weighted by Gasteiger charge is -2.01. The Morgan fingerprint density at radius 1 is 1.29 bits per heavy atom. The Kier molecular flexibility index (Phi) is 3.70. The van der Waals surface area contributed by atoms with Gasteiger partial charge in [0.1, 0.15) is 5.69 Å². The first-order valence-corrected chi connectivity index (χ1v) is 7.31. The number of nitrogen functional groups attached to an aromatic ring is 1. The van der Waals surface area contributed by atoms with Crippen molar-refractivity contribution in [2.45, 2.75) is 13.3 Å². The predicted octanol–water partition coefficient (Wildman–Crippen LogP) is 3.71. The number of halogens is 1. The molecule has 3 rings (SSSR count). The number of hydrogen-bond acceptors (Lipinski definition) is 5. The molecule has 5 nitrogen and oxygen atoms in total. The quantitative estimate of drug-likeness (QED) is 0.732. The molecule has 0 saturated heterocycles. The monoisotopic (exact) mass is 344 g/mol. The second kappa shape index (κ2) is 5.65. The summed E-state index contributed by atoms with van der Waals surface area (Å²) in [4.78, 5) is 8.75. The summed E-state index contributed by atoms with van der Waals surface area (Å²) in [5, 5.41) is 4.02. The van der Waals surface area contributed by atoms with Crippen molar-refractivity contribution in [3.8, 4) is 23.0 Å². The van der Waals surface area contributed by atoms with Gasteiger partial charge in [0.15, 0.2) is 0 Å². The number of rotatable bonds is 3. The van der Waals surface area contributed by atoms with Crippen molar-refractivity contribution in [2.75, 3.05) is 5.73 Å². The van der Waals surface area contributed by atoms with E-state index in [1.807, 2.05) is 24.3 Å². The second-order valence-electron chi connectivity index (χ2n) is 4.52. The molecule has 2 N–H and O–H groups in total. The number of aryl methyl sites for hydroxylation is 1. The fraction of sp³-hybridized carbons (Fsp3) is 0.133. The summed E-state index contributed by atoms with van der Waals surface area (Å²) >= 11 is 3.37. The third kappa shape index (κ3) is 2.67. The zero-order valence-electron chi connectivity index (χ0n) is 11.4. The predicted molar refractivity (Wildman–Crippen MR) is 84.5 cm³/mol. The van der Waals surface area contributed by atoms with Crippen LogP contribution in [0.15, 0.2) is 45.5 Å². The first kappa shape index (κ1) is 13.8. The number of nitrogens with two attached hydrogens (primary N) is 1. The van der Waals surface area contributed by atoms with Gasteiger partial charge < -0.3 is 10.3 Å². The molecular formula is C15H13BrN4O. The average Bonchev–Trinajstić information content (AvgIpc) is 2.96. The molecule has 2 aromatic heterocycles. The van der Waals surface area contributed by atoms with Crippen LogP contribution in [0, 0.1) is 0 Å². The van der Waals surface area contributed by atoms with E-state index in [9.17, 15) is 0 Å². The SMILES string of the molecule is CCc1cccnc1-c1noc(-c2ccc(Br)cc2N)n1. The molecule has 3 aromatic rings. The van der Waals surface area contributed by atoms with Crippen LogP contribution in [0.1, 0.15) is 12.5 Å². The van der Waals surface area contributed by atoms with E-state index >= 15 is 0 Å². The normalized spacial score (nSPS) is 10.8. The van der Waals surface area contributed by atoms with Gasteiger partial charge in [-0.2, -0.15) is 4.98 Å². The van der Waals surface area contributed by atoms with Crippen LogP contribution in [0.3, 0.4) is 0 Å². The van der Waals surface area contributed by atoms with Crippen LogP contribution < -0.4 is 5.73 Å². The first-order valence-electron chi connectivity index (χ1n) is 6.52. The maximum atomic E-state index is 5.98. The summed E-state index contributed by atoms with van der Waals surface area (Å²) in [6, 6.07) is 9.43. The summed E-state index contributed by atoms with van der Waals surface area (Å²) in [5.74, 6) is 0.868. The van der Waals surface area contributed by atoms with E-state index in [0.717, 1.165) is 22.2 Å². The van der Waals surface area contributed by atoms with E-state index in [1.54, 1.807) is 12.3 Å². The second-order valence-corrected chi connectivity index (χ2v) is 5.44. The minimum atomic E-state index is 0.391. The fourth-order valence-electron chi connectivity index (χ4n) is 2.08. The summed E-state index contributed by atoms with van der Waals surface area (Å²) < 4.78 is 6.23. The molecule has 6 heteroatoms. The van der Waals surface area contributed by atoms with Gasteiger partial charge >= 0.3 is 0 Å². The molecule has 0 amide bonds. The third-order valence-corrected chi connectivity index (χ3v) is 3.65. The lowest BCUT2D eigenvalue weighted by atomic mass is 10.1. The lowest BCUT2D eigenvalue weighted by Crippen LogP contribution is -1.93. The Hall–Kier alpha value is -2.21. The van der Waals surface area contributed by atoms with Crippen LogP contribution in [0.5, 0.6) is 0 Å². The average molecular weight is 345 g/mol. The Labute approximate surface area is 130 Å². The first-order chi connectivity index (χ1) is 10.2. The minimum Gasteiger partial charge on any atom is -0.398 e. The molecule has 0 aliphatic carbocycles. The van der Waals surface area contributed by atoms with Crippen molar-refractivity contribution < 1.29 is 4.52 Å². The van der Waals surface area contributed by atoms with E-state index in [-0.39, 0.29) is 0 Å². The molecular weight excluding hydrogens is 332 g/mol. The van der Waals surface area contributed by atoms with Gasteiger partial charge in [-0.25, -0.2) is 0 Å². The molecule has 1 aromatic carbocycles. The maximum absolute atomic E-state index is 5.98. The maximum Gasteiger partial charge on any atom is 0.260 e. The van der Waals surface area contributed by atoms with Crippen LogP contribution in [0.25, 0.3) is 23.0 Å². The summed E-state index contributed by atoms with van der Waals surface area (Å²) in [6.07, 6.45) is 2.58. The highest BCUT2D eigenvalue weighted by atomic mass is 79.9. The molecule has 21 heavy (non-hydrogen) atoms. The van der Waals surface area contributed by atoms with Crippen molar-refractivity contribution in [3.63, 3.8) is 0 Å². The van der Waals surface area contributed by atoms with E-state index in [2.05, 4.69) is 38.0 Å². The number of anilines is 1. The standard InChI is InChI=1S/C15H13BrN4O/c1-2-9-4-3-7-18-13(9)14-19-15(21-20-14)11-6-5-10(16)8-12(11)17/h3-8H,2,17H2,1H3. The summed E-state index contributed by atoms with van der Waals surface area (Å²) in [5.41, 5.74) is 9.10. The van der Waals surface area contributed by atoms with Gasteiger partial charge in [0.05, 0.1) is 5.56 Å². The van der Waals surface area contributed by atoms with E-state index in [4.69, 9.17) is 10.3 Å². The zero-order chi connectivity index (χ0) is 14.8. The van der Waals surface area contributed by atoms with Crippen LogP contribution in [-0.4, -0.2) is 15.1 Å². The largest absolute Gasteiger partial charge is 0.398 e. The number of nitrogens with zero attached hydrogens (tertiary/aromatic N) is 3. The topological polar surface area (TPSA) is 77.8 Å². The molecule has 0 atom stereocenters. The van der Waals surface area contributed by atoms with Crippen molar-refractivity contribution in [3.05, 3.63) is 46.6 Å². The molecule has 0 radical (unpaired) electrons. The highest BCUT2D eigenvalue weighted by Crippen LogP contribution is 2.29. The third-order valence-electron chi connectivity index (χ3n) is 3.15. The van der Waals surface area contributed by atoms with Crippen LogP contribution >= 0.6 is 15.9 Å². The summed E-state index contributed by atoms with van der Waals surface area (Å²) in [7, 11) is 0. The Balaban J connectivity index is 2.04. The number of aromatic nitrogens is 3. The highest BCUT2D eigenvalue weighted by Gasteiger charge is 2.15. The van der Waals surface area contributed by atoms with Crippen LogP contribution in [0.4, 0.5) is 5.69 Å². The molecule has 0 unspecified atom stereocenters. The number of hydrogen-bond donors (Lipinski definition) is 1. The summed E-state index contributed by atoms with van der Waals surface area (Å²) in [6.45, 7) is 2.06. The van der Waals surface area contributed by atoms with E-state index in [0.29, 0.717) is 23.0 Å². The van der Waals surface area contributed by atoms with Gasteiger partial charge in [-0.1, -0.05) is 34.1 Å². The lowest BCUT2D eigenvalue weighted by molar-refractivity contribution is 0.432. The van der Waals surface area contributed by atoms with E-state index in [1.165, 1.54) is 0 Å². The highest BCUT2D eigenvalue weighted by molar-refractivity contribution is 9.10. The Morgan fingerprint density at radius 2 is 2.14 bits per heavy atom. The molecule has 0 saturated carbocycles. The van der Waals surface area contributed by atoms with Gasteiger partial charge in [-0.15, -0.1) is 0 Å². The molecule has 106 valence electrons. The van der Waals surface area contributed by atoms with Gasteiger partial charge in [0.25, 0.3) is 5.89 Å².